The molecule has 0 unspecified atom stereocenters. The number of nitrogens with zero attached hydrogens (tertiary/aromatic N) is 3. The van der Waals surface area contributed by atoms with Gasteiger partial charge in [0.15, 0.2) is 0 Å². The quantitative estimate of drug-likeness (QED) is 0.379. The highest BCUT2D eigenvalue weighted by atomic mass is 16.2. The summed E-state index contributed by atoms with van der Waals surface area (Å²) in [7, 11) is 0. The lowest BCUT2D eigenvalue weighted by atomic mass is 10.2. The predicted molar refractivity (Wildman–Crippen MR) is 72.7 cm³/mol. The largest absolute Gasteiger partial charge is 0.337 e. The Kier molecular flexibility index (Phi) is 2.92. The van der Waals surface area contributed by atoms with Gasteiger partial charge in [-0.2, -0.15) is 4.98 Å². The summed E-state index contributed by atoms with van der Waals surface area (Å²) in [5, 5.41) is 3.01. The minimum atomic E-state index is -0.355. The first kappa shape index (κ1) is 12.3. The highest BCUT2D eigenvalue weighted by Gasteiger charge is 2.25. The molecule has 0 radical (unpaired) electrons. The second-order valence-corrected chi connectivity index (χ2v) is 4.36. The summed E-state index contributed by atoms with van der Waals surface area (Å²) < 4.78 is 0. The van der Waals surface area contributed by atoms with Crippen LogP contribution in [-0.4, -0.2) is 34.9 Å². The Hall–Kier alpha value is -2.74. The van der Waals surface area contributed by atoms with Crippen molar-refractivity contribution in [2.45, 2.75) is 0 Å². The van der Waals surface area contributed by atoms with Crippen molar-refractivity contribution in [2.24, 2.45) is 5.84 Å². The van der Waals surface area contributed by atoms with Crippen molar-refractivity contribution in [3.05, 3.63) is 24.3 Å². The first-order valence-corrected chi connectivity index (χ1v) is 5.98. The van der Waals surface area contributed by atoms with Gasteiger partial charge in [-0.1, -0.05) is 12.1 Å². The fourth-order valence-corrected chi connectivity index (χ4v) is 2.15. The molecular formula is C12H12N6O2. The number of aromatic nitrogens is 2. The minimum absolute atomic E-state index is 0.0662. The third-order valence-corrected chi connectivity index (χ3v) is 2.96. The van der Waals surface area contributed by atoms with E-state index in [9.17, 15) is 9.59 Å². The third kappa shape index (κ3) is 2.12. The van der Waals surface area contributed by atoms with Gasteiger partial charge in [-0.05, 0) is 12.1 Å². The lowest BCUT2D eigenvalue weighted by molar-refractivity contribution is -0.130. The third-order valence-electron chi connectivity index (χ3n) is 2.96. The number of nitrogen functional groups attached to an aromatic ring is 1. The van der Waals surface area contributed by atoms with E-state index < -0.39 is 0 Å². The number of imide groups is 1. The van der Waals surface area contributed by atoms with Gasteiger partial charge in [0.05, 0.1) is 18.6 Å². The van der Waals surface area contributed by atoms with Crippen LogP contribution in [0.5, 0.6) is 0 Å². The van der Waals surface area contributed by atoms with E-state index in [1.165, 1.54) is 0 Å². The number of nitrogens with one attached hydrogen (secondary N) is 2. The number of nitrogens with two attached hydrogens (primary N) is 1. The van der Waals surface area contributed by atoms with E-state index in [0.717, 1.165) is 5.39 Å². The monoisotopic (exact) mass is 272 g/mol. The van der Waals surface area contributed by atoms with Gasteiger partial charge in [-0.25, -0.2) is 10.8 Å². The highest BCUT2D eigenvalue weighted by molar-refractivity contribution is 6.04. The molecule has 1 aromatic heterocycles. The second kappa shape index (κ2) is 4.74. The smallest absolute Gasteiger partial charge is 0.246 e. The fourth-order valence-electron chi connectivity index (χ4n) is 2.15. The molecule has 4 N–H and O–H groups in total. The number of carbonyl (C=O) groups excluding carboxylic acids is 2. The van der Waals surface area contributed by atoms with Crippen LogP contribution < -0.4 is 21.5 Å². The SMILES string of the molecule is NNc1nc(N2CC(=O)NC(=O)C2)c2ccccc2n1. The average molecular weight is 272 g/mol. The number of hydrazine groups is 1. The molecule has 20 heavy (non-hydrogen) atoms. The zero-order chi connectivity index (χ0) is 14.1. The summed E-state index contributed by atoms with van der Waals surface area (Å²) in [5.41, 5.74) is 3.07. The molecule has 1 aromatic carbocycles. The molecule has 0 atom stereocenters. The van der Waals surface area contributed by atoms with Crippen LogP contribution in [0, 0.1) is 0 Å². The number of amides is 2. The van der Waals surface area contributed by atoms with Gasteiger partial charge in [-0.15, -0.1) is 0 Å². The van der Waals surface area contributed by atoms with Crippen molar-refractivity contribution in [3.8, 4) is 0 Å². The lowest BCUT2D eigenvalue weighted by Crippen LogP contribution is -2.51. The molecule has 1 fully saturated rings. The molecule has 2 amide bonds. The Labute approximate surface area is 113 Å². The van der Waals surface area contributed by atoms with Crippen molar-refractivity contribution in [2.75, 3.05) is 23.4 Å². The van der Waals surface area contributed by atoms with Crippen molar-refractivity contribution >= 4 is 34.5 Å². The summed E-state index contributed by atoms with van der Waals surface area (Å²) >= 11 is 0. The summed E-state index contributed by atoms with van der Waals surface area (Å²) in [4.78, 5) is 33.1. The molecule has 2 aromatic rings. The molecule has 0 saturated carbocycles. The maximum absolute atomic E-state index is 11.5. The van der Waals surface area contributed by atoms with Gasteiger partial charge in [0, 0.05) is 5.39 Å². The Morgan fingerprint density at radius 2 is 1.85 bits per heavy atom. The number of fused-ring (bicyclic) bond motifs is 1. The standard InChI is InChI=1S/C12H12N6O2/c13-17-12-14-8-4-2-1-3-7(8)11(16-12)18-5-9(19)15-10(20)6-18/h1-4H,5-6,13H2,(H,14,16,17)(H,15,19,20). The zero-order valence-corrected chi connectivity index (χ0v) is 10.5. The van der Waals surface area contributed by atoms with Crippen molar-refractivity contribution in [3.63, 3.8) is 0 Å². The van der Waals surface area contributed by atoms with Crippen molar-refractivity contribution in [1.82, 2.24) is 15.3 Å². The van der Waals surface area contributed by atoms with Gasteiger partial charge in [0.1, 0.15) is 5.82 Å². The van der Waals surface area contributed by atoms with E-state index >= 15 is 0 Å². The highest BCUT2D eigenvalue weighted by Crippen LogP contribution is 2.25. The molecular weight excluding hydrogens is 260 g/mol. The average Bonchev–Trinajstić information content (AvgIpc) is 2.45. The number of para-hydroxylation sites is 1. The normalized spacial score (nSPS) is 15.3. The molecule has 3 rings (SSSR count). The zero-order valence-electron chi connectivity index (χ0n) is 10.5. The summed E-state index contributed by atoms with van der Waals surface area (Å²) in [6, 6.07) is 7.33. The Balaban J connectivity index is 2.13. The molecule has 1 saturated heterocycles. The van der Waals surface area contributed by atoms with E-state index in [4.69, 9.17) is 5.84 Å². The van der Waals surface area contributed by atoms with Gasteiger partial charge in [0.2, 0.25) is 17.8 Å². The van der Waals surface area contributed by atoms with Gasteiger partial charge in [0.25, 0.3) is 0 Å². The molecule has 1 aliphatic heterocycles. The van der Waals surface area contributed by atoms with E-state index in [1.54, 1.807) is 4.90 Å². The molecule has 0 aliphatic carbocycles. The Morgan fingerprint density at radius 1 is 1.15 bits per heavy atom. The maximum Gasteiger partial charge on any atom is 0.246 e. The van der Waals surface area contributed by atoms with Crippen LogP contribution in [0.15, 0.2) is 24.3 Å². The van der Waals surface area contributed by atoms with Crippen LogP contribution in [0.25, 0.3) is 10.9 Å². The molecule has 8 nitrogen and oxygen atoms in total. The van der Waals surface area contributed by atoms with Crippen LogP contribution in [0.1, 0.15) is 0 Å². The van der Waals surface area contributed by atoms with Crippen molar-refractivity contribution in [1.29, 1.82) is 0 Å². The molecule has 2 heterocycles. The summed E-state index contributed by atoms with van der Waals surface area (Å²) in [6.45, 7) is 0.132. The number of hydrogen-bond donors (Lipinski definition) is 3. The van der Waals surface area contributed by atoms with Gasteiger partial charge in [-0.3, -0.25) is 20.3 Å². The van der Waals surface area contributed by atoms with E-state index in [1.807, 2.05) is 24.3 Å². The number of piperazine rings is 1. The molecule has 102 valence electrons. The van der Waals surface area contributed by atoms with Gasteiger partial charge < -0.3 is 4.90 Å². The first-order chi connectivity index (χ1) is 9.67. The van der Waals surface area contributed by atoms with Crippen LogP contribution in [0.2, 0.25) is 0 Å². The fraction of sp³-hybridized carbons (Fsp3) is 0.167. The second-order valence-electron chi connectivity index (χ2n) is 4.36. The number of rotatable bonds is 2. The molecule has 0 bridgehead atoms. The number of carbonyl (C=O) groups is 2. The molecule has 8 heteroatoms. The molecule has 0 spiro atoms. The van der Waals surface area contributed by atoms with E-state index in [2.05, 4.69) is 20.7 Å². The minimum Gasteiger partial charge on any atom is -0.337 e. The first-order valence-electron chi connectivity index (χ1n) is 5.98. The molecule has 1 aliphatic rings. The summed E-state index contributed by atoms with van der Waals surface area (Å²) in [5.74, 6) is 5.38. The number of anilines is 2. The van der Waals surface area contributed by atoms with Gasteiger partial charge >= 0.3 is 0 Å². The predicted octanol–water partition coefficient (Wildman–Crippen LogP) is -0.622. The van der Waals surface area contributed by atoms with Crippen LogP contribution >= 0.6 is 0 Å². The maximum atomic E-state index is 11.5. The Morgan fingerprint density at radius 3 is 2.55 bits per heavy atom. The van der Waals surface area contributed by atoms with Crippen molar-refractivity contribution < 1.29 is 9.59 Å². The van der Waals surface area contributed by atoms with Crippen LogP contribution in [-0.2, 0) is 9.59 Å². The van der Waals surface area contributed by atoms with Crippen LogP contribution in [0.4, 0.5) is 11.8 Å². The summed E-state index contributed by atoms with van der Waals surface area (Å²) in [6.07, 6.45) is 0. The van der Waals surface area contributed by atoms with E-state index in [-0.39, 0.29) is 30.9 Å². The number of hydrogen-bond acceptors (Lipinski definition) is 7. The van der Waals surface area contributed by atoms with Crippen LogP contribution in [0.3, 0.4) is 0 Å². The Bertz CT molecular complexity index is 685. The number of benzene rings is 1. The van der Waals surface area contributed by atoms with E-state index in [0.29, 0.717) is 11.3 Å². The topological polar surface area (TPSA) is 113 Å². The lowest BCUT2D eigenvalue weighted by Gasteiger charge is -2.27.